The van der Waals surface area contributed by atoms with Crippen molar-refractivity contribution in [3.8, 4) is 11.1 Å². The molecule has 180 valence electrons. The van der Waals surface area contributed by atoms with E-state index in [0.717, 1.165) is 0 Å². The van der Waals surface area contributed by atoms with Crippen LogP contribution in [0.5, 0.6) is 0 Å². The third-order valence-electron chi connectivity index (χ3n) is 5.05. The summed E-state index contributed by atoms with van der Waals surface area (Å²) in [6.07, 6.45) is -1.94. The zero-order valence-electron chi connectivity index (χ0n) is 17.9. The van der Waals surface area contributed by atoms with Gasteiger partial charge in [-0.15, -0.1) is 0 Å². The number of nitrogens with zero attached hydrogens (tertiary/aromatic N) is 3. The van der Waals surface area contributed by atoms with Gasteiger partial charge in [0.2, 0.25) is 0 Å². The average Bonchev–Trinajstić information content (AvgIpc) is 3.21. The number of nitrogens with one attached hydrogen (secondary N) is 3. The predicted molar refractivity (Wildman–Crippen MR) is 120 cm³/mol. The maximum atomic E-state index is 13.9. The van der Waals surface area contributed by atoms with Crippen LogP contribution in [0.2, 0.25) is 0 Å². The van der Waals surface area contributed by atoms with E-state index in [9.17, 15) is 27.2 Å². The van der Waals surface area contributed by atoms with Crippen LogP contribution in [0, 0.1) is 5.82 Å². The Labute approximate surface area is 195 Å². The Kier molecular flexibility index (Phi) is 5.99. The van der Waals surface area contributed by atoms with Crippen LogP contribution in [0.25, 0.3) is 16.6 Å². The van der Waals surface area contributed by atoms with Crippen LogP contribution in [0.1, 0.15) is 15.9 Å². The van der Waals surface area contributed by atoms with Gasteiger partial charge in [0.1, 0.15) is 17.7 Å². The molecule has 0 unspecified atom stereocenters. The Morgan fingerprint density at radius 1 is 1.06 bits per heavy atom. The van der Waals surface area contributed by atoms with Gasteiger partial charge in [-0.25, -0.2) is 18.7 Å². The van der Waals surface area contributed by atoms with Crippen molar-refractivity contribution in [1.82, 2.24) is 19.9 Å². The van der Waals surface area contributed by atoms with Crippen molar-refractivity contribution in [2.75, 3.05) is 23.4 Å². The van der Waals surface area contributed by atoms with E-state index in [2.05, 4.69) is 26.0 Å². The lowest BCUT2D eigenvalue weighted by atomic mass is 10.0. The SMILES string of the molecule is CNC(=O)c1cn2ncnc(N)c2c1-c1ccc(NC(=O)Nc2cc(C(F)(F)F)ccc2F)cc1. The third-order valence-corrected chi connectivity index (χ3v) is 5.05. The molecule has 0 aliphatic carbocycles. The first-order valence-electron chi connectivity index (χ1n) is 9.97. The number of hydrogen-bond acceptors (Lipinski definition) is 5. The number of rotatable bonds is 4. The van der Waals surface area contributed by atoms with Gasteiger partial charge in [-0.3, -0.25) is 4.79 Å². The zero-order chi connectivity index (χ0) is 25.3. The number of carbonyl (C=O) groups is 2. The Balaban J connectivity index is 1.59. The topological polar surface area (TPSA) is 126 Å². The second-order valence-corrected chi connectivity index (χ2v) is 7.28. The van der Waals surface area contributed by atoms with Gasteiger partial charge in [0.25, 0.3) is 5.91 Å². The monoisotopic (exact) mass is 487 g/mol. The van der Waals surface area contributed by atoms with Crippen molar-refractivity contribution in [3.05, 3.63) is 71.9 Å². The van der Waals surface area contributed by atoms with E-state index in [4.69, 9.17) is 5.73 Å². The van der Waals surface area contributed by atoms with Crippen LogP contribution in [-0.2, 0) is 6.18 Å². The van der Waals surface area contributed by atoms with Crippen LogP contribution in [0.4, 0.5) is 39.5 Å². The minimum absolute atomic E-state index is 0.148. The first-order valence-corrected chi connectivity index (χ1v) is 9.97. The number of urea groups is 1. The molecule has 2 heterocycles. The molecule has 35 heavy (non-hydrogen) atoms. The second-order valence-electron chi connectivity index (χ2n) is 7.28. The van der Waals surface area contributed by atoms with Crippen LogP contribution >= 0.6 is 0 Å². The highest BCUT2D eigenvalue weighted by molar-refractivity contribution is 6.07. The molecule has 0 aliphatic heterocycles. The predicted octanol–water partition coefficient (Wildman–Crippen LogP) is 4.14. The number of aromatic nitrogens is 3. The molecule has 4 rings (SSSR count). The minimum Gasteiger partial charge on any atom is -0.382 e. The molecule has 5 N–H and O–H groups in total. The molecule has 0 spiro atoms. The standard InChI is InChI=1S/C22H17F4N7O2/c1-28-20(34)14-9-33-18(19(27)29-10-30-33)17(14)11-2-5-13(6-3-11)31-21(35)32-16-8-12(22(24,25)26)4-7-15(16)23/h2-10H,1H3,(H,28,34)(H2,27,29,30)(H2,31,32,35). The number of nitrogens with two attached hydrogens (primary N) is 1. The first-order chi connectivity index (χ1) is 16.6. The lowest BCUT2D eigenvalue weighted by Crippen LogP contribution is -2.20. The van der Waals surface area contributed by atoms with Crippen molar-refractivity contribution >= 4 is 34.6 Å². The smallest absolute Gasteiger partial charge is 0.382 e. The van der Waals surface area contributed by atoms with Gasteiger partial charge in [0.05, 0.1) is 16.8 Å². The van der Waals surface area contributed by atoms with Crippen molar-refractivity contribution in [2.45, 2.75) is 6.18 Å². The minimum atomic E-state index is -4.69. The maximum absolute atomic E-state index is 13.9. The Morgan fingerprint density at radius 2 is 1.77 bits per heavy atom. The summed E-state index contributed by atoms with van der Waals surface area (Å²) in [4.78, 5) is 28.6. The van der Waals surface area contributed by atoms with E-state index in [1.807, 2.05) is 0 Å². The van der Waals surface area contributed by atoms with Crippen molar-refractivity contribution in [1.29, 1.82) is 0 Å². The van der Waals surface area contributed by atoms with E-state index in [1.54, 1.807) is 12.1 Å². The van der Waals surface area contributed by atoms with E-state index < -0.39 is 29.3 Å². The lowest BCUT2D eigenvalue weighted by Gasteiger charge is -2.12. The van der Waals surface area contributed by atoms with E-state index in [1.165, 1.54) is 36.2 Å². The van der Waals surface area contributed by atoms with Crippen molar-refractivity contribution < 1.29 is 27.2 Å². The summed E-state index contributed by atoms with van der Waals surface area (Å²) in [7, 11) is 1.47. The third kappa shape index (κ3) is 4.69. The number of hydrogen-bond donors (Lipinski definition) is 4. The van der Waals surface area contributed by atoms with Gasteiger partial charge < -0.3 is 21.7 Å². The van der Waals surface area contributed by atoms with Gasteiger partial charge in [0.15, 0.2) is 5.82 Å². The van der Waals surface area contributed by atoms with E-state index in [-0.39, 0.29) is 23.0 Å². The van der Waals surface area contributed by atoms with Crippen LogP contribution < -0.4 is 21.7 Å². The van der Waals surface area contributed by atoms with E-state index in [0.29, 0.717) is 34.8 Å². The molecule has 0 bridgehead atoms. The van der Waals surface area contributed by atoms with Gasteiger partial charge in [-0.2, -0.15) is 18.3 Å². The molecular weight excluding hydrogens is 470 g/mol. The molecule has 0 saturated carbocycles. The number of fused-ring (bicyclic) bond motifs is 1. The van der Waals surface area contributed by atoms with Gasteiger partial charge in [0, 0.05) is 24.5 Å². The number of nitrogen functional groups attached to an aromatic ring is 1. The number of benzene rings is 2. The first kappa shape index (κ1) is 23.5. The molecule has 9 nitrogen and oxygen atoms in total. The van der Waals surface area contributed by atoms with Crippen LogP contribution in [0.3, 0.4) is 0 Å². The molecular formula is C22H17F4N7O2. The molecule has 4 aromatic rings. The summed E-state index contributed by atoms with van der Waals surface area (Å²) in [6, 6.07) is 6.92. The number of halogens is 4. The second kappa shape index (κ2) is 8.93. The lowest BCUT2D eigenvalue weighted by molar-refractivity contribution is -0.137. The van der Waals surface area contributed by atoms with E-state index >= 15 is 0 Å². The molecule has 0 saturated heterocycles. The molecule has 0 aliphatic rings. The fraction of sp³-hybridized carbons (Fsp3) is 0.0909. The maximum Gasteiger partial charge on any atom is 0.416 e. The molecule has 2 aromatic heterocycles. The van der Waals surface area contributed by atoms with Crippen LogP contribution in [-0.4, -0.2) is 33.6 Å². The summed E-state index contributed by atoms with van der Waals surface area (Å²) in [5, 5.41) is 11.1. The fourth-order valence-corrected chi connectivity index (χ4v) is 3.44. The normalized spacial score (nSPS) is 11.3. The molecule has 0 atom stereocenters. The van der Waals surface area contributed by atoms with Gasteiger partial charge in [-0.1, -0.05) is 12.1 Å². The highest BCUT2D eigenvalue weighted by atomic mass is 19.4. The number of alkyl halides is 3. The fourth-order valence-electron chi connectivity index (χ4n) is 3.44. The molecule has 13 heteroatoms. The summed E-state index contributed by atoms with van der Waals surface area (Å²) in [6.45, 7) is 0. The summed E-state index contributed by atoms with van der Waals surface area (Å²) < 4.78 is 53.9. The van der Waals surface area contributed by atoms with Crippen LogP contribution in [0.15, 0.2) is 55.0 Å². The molecule has 0 fully saturated rings. The van der Waals surface area contributed by atoms with Gasteiger partial charge in [-0.05, 0) is 35.9 Å². The zero-order valence-corrected chi connectivity index (χ0v) is 17.9. The average molecular weight is 487 g/mol. The summed E-state index contributed by atoms with van der Waals surface area (Å²) in [5.41, 5.74) is 6.24. The molecule has 3 amide bonds. The highest BCUT2D eigenvalue weighted by Gasteiger charge is 2.31. The summed E-state index contributed by atoms with van der Waals surface area (Å²) >= 11 is 0. The Hall–Kier alpha value is -4.68. The molecule has 2 aromatic carbocycles. The highest BCUT2D eigenvalue weighted by Crippen LogP contribution is 2.34. The largest absolute Gasteiger partial charge is 0.416 e. The quantitative estimate of drug-likeness (QED) is 0.322. The number of amides is 3. The summed E-state index contributed by atoms with van der Waals surface area (Å²) in [5.74, 6) is -1.25. The van der Waals surface area contributed by atoms with Crippen molar-refractivity contribution in [3.63, 3.8) is 0 Å². The van der Waals surface area contributed by atoms with Crippen molar-refractivity contribution in [2.24, 2.45) is 0 Å². The Morgan fingerprint density at radius 3 is 2.43 bits per heavy atom. The Bertz CT molecular complexity index is 1430. The molecule has 0 radical (unpaired) electrons. The number of anilines is 3. The van der Waals surface area contributed by atoms with Gasteiger partial charge >= 0.3 is 12.2 Å². The number of carbonyl (C=O) groups excluding carboxylic acids is 2.